The quantitative estimate of drug-likeness (QED) is 0.862. The molecule has 0 amide bonds. The summed E-state index contributed by atoms with van der Waals surface area (Å²) in [6.45, 7) is 4.91. The lowest BCUT2D eigenvalue weighted by Gasteiger charge is -2.37. The van der Waals surface area contributed by atoms with Gasteiger partial charge in [-0.3, -0.25) is 4.68 Å². The zero-order valence-electron chi connectivity index (χ0n) is 13.0. The molecule has 114 valence electrons. The van der Waals surface area contributed by atoms with E-state index in [1.165, 1.54) is 18.5 Å². The number of aryl methyl sites for hydroxylation is 2. The van der Waals surface area contributed by atoms with Gasteiger partial charge in [0.05, 0.1) is 21.5 Å². The summed E-state index contributed by atoms with van der Waals surface area (Å²) < 4.78 is 9.31. The van der Waals surface area contributed by atoms with Crippen LogP contribution in [0.1, 0.15) is 44.0 Å². The zero-order valence-corrected chi connectivity index (χ0v) is 14.6. The van der Waals surface area contributed by atoms with Crippen molar-refractivity contribution in [2.75, 3.05) is 13.7 Å². The Morgan fingerprint density at radius 1 is 1.45 bits per heavy atom. The molecule has 0 aromatic carbocycles. The van der Waals surface area contributed by atoms with E-state index in [1.807, 2.05) is 25.7 Å². The van der Waals surface area contributed by atoms with Crippen molar-refractivity contribution < 1.29 is 4.74 Å². The second-order valence-corrected chi connectivity index (χ2v) is 6.51. The number of nitrogens with one attached hydrogen (secondary N) is 1. The SMILES string of the molecule is CCOC1(C(Cc2c(Br)c(C)nn2C)NC)CCCC1. The van der Waals surface area contributed by atoms with E-state index in [9.17, 15) is 0 Å². The van der Waals surface area contributed by atoms with Crippen LogP contribution in [0.25, 0.3) is 0 Å². The standard InChI is InChI=1S/C15H26BrN3O/c1-5-20-15(8-6-7-9-15)13(17-3)10-12-14(16)11(2)18-19(12)4/h13,17H,5-10H2,1-4H3. The molecule has 0 aliphatic heterocycles. The van der Waals surface area contributed by atoms with Crippen molar-refractivity contribution in [1.29, 1.82) is 0 Å². The molecule has 1 saturated carbocycles. The monoisotopic (exact) mass is 343 g/mol. The number of nitrogens with zero attached hydrogens (tertiary/aromatic N) is 2. The molecule has 1 aromatic heterocycles. The third kappa shape index (κ3) is 2.95. The van der Waals surface area contributed by atoms with E-state index in [0.29, 0.717) is 6.04 Å². The van der Waals surface area contributed by atoms with Crippen molar-refractivity contribution >= 4 is 15.9 Å². The average molecular weight is 344 g/mol. The van der Waals surface area contributed by atoms with Gasteiger partial charge in [0.1, 0.15) is 0 Å². The van der Waals surface area contributed by atoms with Crippen molar-refractivity contribution in [2.45, 2.75) is 57.6 Å². The first-order chi connectivity index (χ1) is 9.54. The van der Waals surface area contributed by atoms with Crippen molar-refractivity contribution in [3.63, 3.8) is 0 Å². The summed E-state index contributed by atoms with van der Waals surface area (Å²) in [5.74, 6) is 0. The Labute approximate surface area is 130 Å². The van der Waals surface area contributed by atoms with Gasteiger partial charge >= 0.3 is 0 Å². The van der Waals surface area contributed by atoms with Gasteiger partial charge in [-0.2, -0.15) is 5.10 Å². The Balaban J connectivity index is 2.23. The molecule has 0 bridgehead atoms. The molecule has 1 atom stereocenters. The predicted molar refractivity (Wildman–Crippen MR) is 85.0 cm³/mol. The minimum Gasteiger partial charge on any atom is -0.374 e. The molecule has 0 spiro atoms. The van der Waals surface area contributed by atoms with Crippen LogP contribution < -0.4 is 5.32 Å². The third-order valence-electron chi connectivity index (χ3n) is 4.52. The molecule has 1 unspecified atom stereocenters. The highest BCUT2D eigenvalue weighted by atomic mass is 79.9. The highest BCUT2D eigenvalue weighted by molar-refractivity contribution is 9.10. The summed E-state index contributed by atoms with van der Waals surface area (Å²) in [6, 6.07) is 0.330. The molecular formula is C15H26BrN3O. The molecule has 5 heteroatoms. The highest BCUT2D eigenvalue weighted by Crippen LogP contribution is 2.38. The van der Waals surface area contributed by atoms with Gasteiger partial charge in [0.25, 0.3) is 0 Å². The van der Waals surface area contributed by atoms with Crippen LogP contribution >= 0.6 is 15.9 Å². The fraction of sp³-hybridized carbons (Fsp3) is 0.800. The first-order valence-electron chi connectivity index (χ1n) is 7.53. The lowest BCUT2D eigenvalue weighted by atomic mass is 9.88. The van der Waals surface area contributed by atoms with Crippen molar-refractivity contribution in [2.24, 2.45) is 7.05 Å². The number of likely N-dealkylation sites (N-methyl/N-ethyl adjacent to an activating group) is 1. The van der Waals surface area contributed by atoms with Crippen LogP contribution in [0.5, 0.6) is 0 Å². The van der Waals surface area contributed by atoms with Crippen LogP contribution in [0.2, 0.25) is 0 Å². The normalized spacial score (nSPS) is 19.4. The van der Waals surface area contributed by atoms with Crippen molar-refractivity contribution in [1.82, 2.24) is 15.1 Å². The van der Waals surface area contributed by atoms with Crippen LogP contribution in [0.4, 0.5) is 0 Å². The molecular weight excluding hydrogens is 318 g/mol. The van der Waals surface area contributed by atoms with Crippen LogP contribution in [-0.4, -0.2) is 35.1 Å². The number of hydrogen-bond acceptors (Lipinski definition) is 3. The van der Waals surface area contributed by atoms with Gasteiger partial charge in [-0.15, -0.1) is 0 Å². The van der Waals surface area contributed by atoms with Crippen LogP contribution in [0.15, 0.2) is 4.47 Å². The van der Waals surface area contributed by atoms with Gasteiger partial charge in [-0.05, 0) is 49.7 Å². The number of rotatable bonds is 6. The summed E-state index contributed by atoms with van der Waals surface area (Å²) >= 11 is 3.67. The highest BCUT2D eigenvalue weighted by Gasteiger charge is 2.42. The summed E-state index contributed by atoms with van der Waals surface area (Å²) in [5.41, 5.74) is 2.28. The lowest BCUT2D eigenvalue weighted by molar-refractivity contribution is -0.0600. The van der Waals surface area contributed by atoms with E-state index >= 15 is 0 Å². The van der Waals surface area contributed by atoms with E-state index < -0.39 is 0 Å². The second kappa shape index (κ2) is 6.58. The molecule has 0 radical (unpaired) electrons. The maximum absolute atomic E-state index is 6.19. The zero-order chi connectivity index (χ0) is 14.8. The summed E-state index contributed by atoms with van der Waals surface area (Å²) in [5, 5.41) is 7.99. The number of aromatic nitrogens is 2. The molecule has 20 heavy (non-hydrogen) atoms. The summed E-state index contributed by atoms with van der Waals surface area (Å²) in [4.78, 5) is 0. The molecule has 1 aliphatic carbocycles. The smallest absolute Gasteiger partial charge is 0.0838 e. The first kappa shape index (κ1) is 16.0. The molecule has 1 N–H and O–H groups in total. The number of halogens is 1. The maximum atomic E-state index is 6.19. The maximum Gasteiger partial charge on any atom is 0.0838 e. The van der Waals surface area contributed by atoms with E-state index in [2.05, 4.69) is 33.3 Å². The Hall–Kier alpha value is -0.390. The molecule has 1 aliphatic rings. The van der Waals surface area contributed by atoms with E-state index in [1.54, 1.807) is 0 Å². The van der Waals surface area contributed by atoms with Gasteiger partial charge < -0.3 is 10.1 Å². The fourth-order valence-corrected chi connectivity index (χ4v) is 4.00. The average Bonchev–Trinajstić information content (AvgIpc) is 2.96. The van der Waals surface area contributed by atoms with E-state index in [4.69, 9.17) is 4.74 Å². The predicted octanol–water partition coefficient (Wildman–Crippen LogP) is 2.97. The molecule has 1 aromatic rings. The third-order valence-corrected chi connectivity index (χ3v) is 5.56. The van der Waals surface area contributed by atoms with E-state index in [-0.39, 0.29) is 5.60 Å². The Morgan fingerprint density at radius 2 is 2.10 bits per heavy atom. The minimum absolute atomic E-state index is 0.0128. The van der Waals surface area contributed by atoms with Gasteiger partial charge in [0.2, 0.25) is 0 Å². The molecule has 1 fully saturated rings. The van der Waals surface area contributed by atoms with Crippen LogP contribution in [0.3, 0.4) is 0 Å². The Kier molecular flexibility index (Phi) is 5.26. The van der Waals surface area contributed by atoms with Crippen molar-refractivity contribution in [3.8, 4) is 0 Å². The van der Waals surface area contributed by atoms with Gasteiger partial charge in [-0.25, -0.2) is 0 Å². The molecule has 0 saturated heterocycles. The molecule has 4 nitrogen and oxygen atoms in total. The fourth-order valence-electron chi connectivity index (χ4n) is 3.50. The first-order valence-corrected chi connectivity index (χ1v) is 8.32. The topological polar surface area (TPSA) is 39.1 Å². The van der Waals surface area contributed by atoms with E-state index in [0.717, 1.165) is 36.0 Å². The Morgan fingerprint density at radius 3 is 2.55 bits per heavy atom. The largest absolute Gasteiger partial charge is 0.374 e. The molecule has 2 rings (SSSR count). The van der Waals surface area contributed by atoms with Gasteiger partial charge in [0.15, 0.2) is 0 Å². The number of hydrogen-bond donors (Lipinski definition) is 1. The summed E-state index contributed by atoms with van der Waals surface area (Å²) in [7, 11) is 4.06. The van der Waals surface area contributed by atoms with Gasteiger partial charge in [-0.1, -0.05) is 12.8 Å². The number of ether oxygens (including phenoxy) is 1. The second-order valence-electron chi connectivity index (χ2n) is 5.72. The Bertz CT molecular complexity index is 452. The van der Waals surface area contributed by atoms with Crippen LogP contribution in [-0.2, 0) is 18.2 Å². The van der Waals surface area contributed by atoms with Crippen molar-refractivity contribution in [3.05, 3.63) is 15.9 Å². The lowest BCUT2D eigenvalue weighted by Crippen LogP contribution is -2.51. The minimum atomic E-state index is -0.0128. The van der Waals surface area contributed by atoms with Gasteiger partial charge in [0, 0.05) is 26.1 Å². The van der Waals surface area contributed by atoms with Crippen LogP contribution in [0, 0.1) is 6.92 Å². The summed E-state index contributed by atoms with van der Waals surface area (Å²) in [6.07, 6.45) is 5.78. The molecule has 1 heterocycles.